The van der Waals surface area contributed by atoms with Gasteiger partial charge in [0, 0.05) is 25.0 Å². The Hall–Kier alpha value is -1.59. The summed E-state index contributed by atoms with van der Waals surface area (Å²) in [6.45, 7) is 10.1. The molecule has 1 N–H and O–H groups in total. The summed E-state index contributed by atoms with van der Waals surface area (Å²) in [6.07, 6.45) is 0.178. The molecule has 0 aliphatic carbocycles. The lowest BCUT2D eigenvalue weighted by atomic mass is 10.0. The van der Waals surface area contributed by atoms with E-state index in [0.29, 0.717) is 19.0 Å². The normalized spacial score (nSPS) is 19.2. The standard InChI is InChI=1S/C15H26N2O4/c1-10(2)7-16-8-11(6-12(16)18)14(21)17(9-13(19)20)15(3,4)5/h10-11H,6-9H2,1-5H3,(H,19,20). The molecule has 1 aliphatic heterocycles. The molecule has 2 amide bonds. The van der Waals surface area contributed by atoms with E-state index in [1.807, 2.05) is 13.8 Å². The van der Waals surface area contributed by atoms with Crippen LogP contribution in [0.5, 0.6) is 0 Å². The predicted molar refractivity (Wildman–Crippen MR) is 78.6 cm³/mol. The Balaban J connectivity index is 2.82. The Kier molecular flexibility index (Phi) is 5.36. The van der Waals surface area contributed by atoms with Crippen LogP contribution in [0, 0.1) is 11.8 Å². The molecule has 1 saturated heterocycles. The lowest BCUT2D eigenvalue weighted by Crippen LogP contribution is -2.51. The van der Waals surface area contributed by atoms with Gasteiger partial charge in [0.2, 0.25) is 11.8 Å². The molecule has 1 rings (SSSR count). The van der Waals surface area contributed by atoms with E-state index in [1.54, 1.807) is 25.7 Å². The zero-order chi connectivity index (χ0) is 16.4. The maximum Gasteiger partial charge on any atom is 0.323 e. The second-order valence-electron chi connectivity index (χ2n) is 7.08. The van der Waals surface area contributed by atoms with Crippen molar-refractivity contribution in [1.82, 2.24) is 9.80 Å². The van der Waals surface area contributed by atoms with E-state index in [0.717, 1.165) is 0 Å². The van der Waals surface area contributed by atoms with Gasteiger partial charge in [0.1, 0.15) is 6.54 Å². The van der Waals surface area contributed by atoms with Gasteiger partial charge in [-0.1, -0.05) is 13.8 Å². The molecule has 0 radical (unpaired) electrons. The molecule has 1 fully saturated rings. The number of hydrogen-bond donors (Lipinski definition) is 1. The van der Waals surface area contributed by atoms with Gasteiger partial charge in [-0.3, -0.25) is 14.4 Å². The quantitative estimate of drug-likeness (QED) is 0.827. The Morgan fingerprint density at radius 3 is 2.38 bits per heavy atom. The average molecular weight is 298 g/mol. The summed E-state index contributed by atoms with van der Waals surface area (Å²) in [6, 6.07) is 0. The van der Waals surface area contributed by atoms with Gasteiger partial charge >= 0.3 is 5.97 Å². The van der Waals surface area contributed by atoms with E-state index < -0.39 is 17.4 Å². The molecular formula is C15H26N2O4. The van der Waals surface area contributed by atoms with Crippen LogP contribution in [-0.4, -0.2) is 57.9 Å². The molecule has 1 heterocycles. The first-order valence-corrected chi connectivity index (χ1v) is 7.33. The molecule has 0 spiro atoms. The van der Waals surface area contributed by atoms with Gasteiger partial charge in [0.05, 0.1) is 5.92 Å². The number of aliphatic carboxylic acids is 1. The molecule has 0 aromatic heterocycles. The smallest absolute Gasteiger partial charge is 0.323 e. The number of carbonyl (C=O) groups excluding carboxylic acids is 2. The SMILES string of the molecule is CC(C)CN1CC(C(=O)N(CC(=O)O)C(C)(C)C)CC1=O. The lowest BCUT2D eigenvalue weighted by Gasteiger charge is -2.36. The summed E-state index contributed by atoms with van der Waals surface area (Å²) in [5.41, 5.74) is -0.579. The average Bonchev–Trinajstić information content (AvgIpc) is 2.64. The monoisotopic (exact) mass is 298 g/mol. The number of nitrogens with zero attached hydrogens (tertiary/aromatic N) is 2. The van der Waals surface area contributed by atoms with Crippen molar-refractivity contribution in [2.75, 3.05) is 19.6 Å². The molecule has 0 saturated carbocycles. The molecule has 120 valence electrons. The second kappa shape index (κ2) is 6.45. The van der Waals surface area contributed by atoms with E-state index in [1.165, 1.54) is 4.90 Å². The molecular weight excluding hydrogens is 272 g/mol. The van der Waals surface area contributed by atoms with Crippen LogP contribution < -0.4 is 0 Å². The maximum absolute atomic E-state index is 12.6. The fourth-order valence-electron chi connectivity index (χ4n) is 2.56. The van der Waals surface area contributed by atoms with Crippen molar-refractivity contribution in [2.24, 2.45) is 11.8 Å². The van der Waals surface area contributed by atoms with Crippen LogP contribution in [0.3, 0.4) is 0 Å². The molecule has 21 heavy (non-hydrogen) atoms. The van der Waals surface area contributed by atoms with Crippen LogP contribution in [0.1, 0.15) is 41.0 Å². The first-order valence-electron chi connectivity index (χ1n) is 7.33. The third-order valence-corrected chi connectivity index (χ3v) is 3.52. The first kappa shape index (κ1) is 17.5. The molecule has 1 aliphatic rings. The van der Waals surface area contributed by atoms with Gasteiger partial charge in [0.25, 0.3) is 0 Å². The number of carbonyl (C=O) groups is 3. The summed E-state index contributed by atoms with van der Waals surface area (Å²) < 4.78 is 0. The minimum atomic E-state index is -1.04. The molecule has 6 nitrogen and oxygen atoms in total. The Labute approximate surface area is 126 Å². The molecule has 1 unspecified atom stereocenters. The van der Waals surface area contributed by atoms with E-state index in [9.17, 15) is 14.4 Å². The lowest BCUT2D eigenvalue weighted by molar-refractivity contribution is -0.150. The minimum absolute atomic E-state index is 0.0220. The van der Waals surface area contributed by atoms with Gasteiger partial charge in [-0.25, -0.2) is 0 Å². The fraction of sp³-hybridized carbons (Fsp3) is 0.800. The highest BCUT2D eigenvalue weighted by atomic mass is 16.4. The van der Waals surface area contributed by atoms with Crippen LogP contribution in [0.25, 0.3) is 0 Å². The van der Waals surface area contributed by atoms with E-state index in [4.69, 9.17) is 5.11 Å². The van der Waals surface area contributed by atoms with Crippen LogP contribution in [-0.2, 0) is 14.4 Å². The third kappa shape index (κ3) is 4.72. The molecule has 6 heteroatoms. The van der Waals surface area contributed by atoms with Crippen molar-refractivity contribution in [3.8, 4) is 0 Å². The van der Waals surface area contributed by atoms with Crippen LogP contribution in [0.15, 0.2) is 0 Å². The van der Waals surface area contributed by atoms with Crippen molar-refractivity contribution < 1.29 is 19.5 Å². The van der Waals surface area contributed by atoms with E-state index >= 15 is 0 Å². The largest absolute Gasteiger partial charge is 0.480 e. The fourth-order valence-corrected chi connectivity index (χ4v) is 2.56. The zero-order valence-electron chi connectivity index (χ0n) is 13.5. The summed E-state index contributed by atoms with van der Waals surface area (Å²) in [4.78, 5) is 38.6. The second-order valence-corrected chi connectivity index (χ2v) is 7.08. The van der Waals surface area contributed by atoms with Crippen molar-refractivity contribution >= 4 is 17.8 Å². The van der Waals surface area contributed by atoms with Gasteiger partial charge in [-0.05, 0) is 26.7 Å². The third-order valence-electron chi connectivity index (χ3n) is 3.52. The van der Waals surface area contributed by atoms with Crippen LogP contribution >= 0.6 is 0 Å². The van der Waals surface area contributed by atoms with Gasteiger partial charge < -0.3 is 14.9 Å². The number of hydrogen-bond acceptors (Lipinski definition) is 3. The molecule has 1 atom stereocenters. The maximum atomic E-state index is 12.6. The molecule has 0 bridgehead atoms. The Morgan fingerprint density at radius 2 is 1.95 bits per heavy atom. The molecule has 0 aromatic carbocycles. The van der Waals surface area contributed by atoms with Crippen molar-refractivity contribution in [2.45, 2.75) is 46.6 Å². The zero-order valence-corrected chi connectivity index (χ0v) is 13.5. The first-order chi connectivity index (χ1) is 9.52. The topological polar surface area (TPSA) is 77.9 Å². The number of carboxylic acids is 1. The highest BCUT2D eigenvalue weighted by Gasteiger charge is 2.39. The van der Waals surface area contributed by atoms with Crippen LogP contribution in [0.4, 0.5) is 0 Å². The summed E-state index contributed by atoms with van der Waals surface area (Å²) in [5, 5.41) is 8.99. The number of amides is 2. The number of rotatable bonds is 5. The van der Waals surface area contributed by atoms with E-state index in [2.05, 4.69) is 0 Å². The van der Waals surface area contributed by atoms with Gasteiger partial charge in [-0.2, -0.15) is 0 Å². The van der Waals surface area contributed by atoms with E-state index in [-0.39, 0.29) is 24.8 Å². The Bertz CT molecular complexity index is 426. The minimum Gasteiger partial charge on any atom is -0.480 e. The number of carboxylic acid groups (broad SMARTS) is 1. The predicted octanol–water partition coefficient (Wildman–Crippen LogP) is 1.20. The molecule has 0 aromatic rings. The highest BCUT2D eigenvalue weighted by molar-refractivity contribution is 5.91. The Morgan fingerprint density at radius 1 is 1.38 bits per heavy atom. The van der Waals surface area contributed by atoms with Crippen molar-refractivity contribution in [3.63, 3.8) is 0 Å². The number of likely N-dealkylation sites (tertiary alicyclic amines) is 1. The summed E-state index contributed by atoms with van der Waals surface area (Å²) in [5.74, 6) is -1.40. The summed E-state index contributed by atoms with van der Waals surface area (Å²) in [7, 11) is 0. The highest BCUT2D eigenvalue weighted by Crippen LogP contribution is 2.24. The van der Waals surface area contributed by atoms with Crippen LogP contribution in [0.2, 0.25) is 0 Å². The van der Waals surface area contributed by atoms with Crippen molar-refractivity contribution in [1.29, 1.82) is 0 Å². The van der Waals surface area contributed by atoms with Gasteiger partial charge in [-0.15, -0.1) is 0 Å². The summed E-state index contributed by atoms with van der Waals surface area (Å²) >= 11 is 0. The van der Waals surface area contributed by atoms with Gasteiger partial charge in [0.15, 0.2) is 0 Å². The van der Waals surface area contributed by atoms with Crippen molar-refractivity contribution in [3.05, 3.63) is 0 Å².